The highest BCUT2D eigenvalue weighted by atomic mass is 19.4. The molecule has 2 saturated heterocycles. The highest BCUT2D eigenvalue weighted by Crippen LogP contribution is 2.29. The molecular weight excluding hydrogens is 341 g/mol. The van der Waals surface area contributed by atoms with Crippen LogP contribution in [0.15, 0.2) is 30.3 Å². The predicted molar refractivity (Wildman–Crippen MR) is 95.5 cm³/mol. The molecule has 0 radical (unpaired) electrons. The number of hydrogen-bond donors (Lipinski definition) is 0. The van der Waals surface area contributed by atoms with E-state index in [1.165, 1.54) is 37.5 Å². The Bertz CT molecular complexity index is 651. The highest BCUT2D eigenvalue weighted by molar-refractivity contribution is 5.92. The van der Waals surface area contributed by atoms with Crippen molar-refractivity contribution in [3.05, 3.63) is 41.5 Å². The van der Waals surface area contributed by atoms with Gasteiger partial charge in [-0.3, -0.25) is 4.79 Å². The first kappa shape index (κ1) is 19.0. The van der Waals surface area contributed by atoms with Gasteiger partial charge in [0.05, 0.1) is 5.56 Å². The van der Waals surface area contributed by atoms with Crippen LogP contribution in [0.2, 0.25) is 0 Å². The van der Waals surface area contributed by atoms with Crippen molar-refractivity contribution < 1.29 is 18.0 Å². The van der Waals surface area contributed by atoms with Gasteiger partial charge in [0.2, 0.25) is 5.91 Å². The van der Waals surface area contributed by atoms with Gasteiger partial charge in [0.1, 0.15) is 0 Å². The fourth-order valence-electron chi connectivity index (χ4n) is 3.84. The van der Waals surface area contributed by atoms with Gasteiger partial charge in [-0.15, -0.1) is 0 Å². The molecule has 6 heteroatoms. The number of carbonyl (C=O) groups is 1. The molecule has 2 fully saturated rings. The van der Waals surface area contributed by atoms with Gasteiger partial charge >= 0.3 is 6.18 Å². The number of hydrogen-bond acceptors (Lipinski definition) is 2. The standard InChI is InChI=1S/C20H25F3N2O/c21-20(22,23)17-7-4-6-16(14-17)9-10-19(26)25-13-5-8-18(25)15-24-11-2-1-3-12-24/h4,6-7,9-10,14,18H,1-3,5,8,11-13,15H2/b10-9+. The SMILES string of the molecule is O=C(/C=C/c1cccc(C(F)(F)F)c1)N1CCCC1CN1CCCCC1. The molecule has 2 heterocycles. The third-order valence-electron chi connectivity index (χ3n) is 5.21. The minimum absolute atomic E-state index is 0.109. The zero-order chi connectivity index (χ0) is 18.6. The van der Waals surface area contributed by atoms with Gasteiger partial charge in [-0.25, -0.2) is 0 Å². The molecule has 0 spiro atoms. The van der Waals surface area contributed by atoms with Gasteiger partial charge in [0.15, 0.2) is 0 Å². The zero-order valence-electron chi connectivity index (χ0n) is 14.8. The summed E-state index contributed by atoms with van der Waals surface area (Å²) < 4.78 is 38.3. The largest absolute Gasteiger partial charge is 0.416 e. The Labute approximate surface area is 152 Å². The van der Waals surface area contributed by atoms with E-state index in [1.807, 2.05) is 4.90 Å². The number of carbonyl (C=O) groups excluding carboxylic acids is 1. The Hall–Kier alpha value is -1.82. The summed E-state index contributed by atoms with van der Waals surface area (Å²) in [4.78, 5) is 16.9. The van der Waals surface area contributed by atoms with Crippen LogP contribution in [0, 0.1) is 0 Å². The summed E-state index contributed by atoms with van der Waals surface area (Å²) in [6.07, 6.45) is 4.22. The molecule has 142 valence electrons. The number of halogens is 3. The van der Waals surface area contributed by atoms with E-state index in [9.17, 15) is 18.0 Å². The molecule has 0 aliphatic carbocycles. The molecule has 1 aromatic carbocycles. The second-order valence-corrected chi connectivity index (χ2v) is 7.15. The van der Waals surface area contributed by atoms with Crippen molar-refractivity contribution in [1.29, 1.82) is 0 Å². The van der Waals surface area contributed by atoms with E-state index in [0.29, 0.717) is 5.56 Å². The summed E-state index contributed by atoms with van der Waals surface area (Å²) >= 11 is 0. The average Bonchev–Trinajstić information content (AvgIpc) is 3.08. The number of rotatable bonds is 4. The number of likely N-dealkylation sites (tertiary alicyclic amines) is 2. The molecule has 1 aromatic rings. The highest BCUT2D eigenvalue weighted by Gasteiger charge is 2.31. The molecule has 1 amide bonds. The molecule has 2 aliphatic rings. The van der Waals surface area contributed by atoms with Gasteiger partial charge < -0.3 is 9.80 Å². The van der Waals surface area contributed by atoms with Gasteiger partial charge in [0, 0.05) is 25.2 Å². The Balaban J connectivity index is 1.62. The minimum atomic E-state index is -4.37. The lowest BCUT2D eigenvalue weighted by Crippen LogP contribution is -2.44. The Morgan fingerprint density at radius 1 is 1.12 bits per heavy atom. The number of amides is 1. The molecule has 3 nitrogen and oxygen atoms in total. The van der Waals surface area contributed by atoms with Crippen molar-refractivity contribution in [3.8, 4) is 0 Å². The lowest BCUT2D eigenvalue weighted by atomic mass is 10.1. The molecule has 3 rings (SSSR count). The molecule has 1 atom stereocenters. The van der Waals surface area contributed by atoms with Gasteiger partial charge in [-0.05, 0) is 62.5 Å². The van der Waals surface area contributed by atoms with E-state index < -0.39 is 11.7 Å². The van der Waals surface area contributed by atoms with Crippen LogP contribution in [0.4, 0.5) is 13.2 Å². The first-order chi connectivity index (χ1) is 12.4. The average molecular weight is 366 g/mol. The maximum atomic E-state index is 12.8. The normalized spacial score (nSPS) is 22.3. The third-order valence-corrected chi connectivity index (χ3v) is 5.21. The van der Waals surface area contributed by atoms with E-state index in [1.54, 1.807) is 6.07 Å². The Morgan fingerprint density at radius 3 is 2.62 bits per heavy atom. The fraction of sp³-hybridized carbons (Fsp3) is 0.550. The van der Waals surface area contributed by atoms with Crippen molar-refractivity contribution in [3.63, 3.8) is 0 Å². The monoisotopic (exact) mass is 366 g/mol. The third kappa shape index (κ3) is 4.87. The molecular formula is C20H25F3N2O. The van der Waals surface area contributed by atoms with Gasteiger partial charge in [-0.2, -0.15) is 13.2 Å². The van der Waals surface area contributed by atoms with Crippen LogP contribution in [0.25, 0.3) is 6.08 Å². The smallest absolute Gasteiger partial charge is 0.335 e. The molecule has 0 aromatic heterocycles. The van der Waals surface area contributed by atoms with Crippen LogP contribution in [0.1, 0.15) is 43.2 Å². The summed E-state index contributed by atoms with van der Waals surface area (Å²) in [5, 5.41) is 0. The van der Waals surface area contributed by atoms with Gasteiger partial charge in [-0.1, -0.05) is 18.6 Å². The molecule has 0 saturated carbocycles. The van der Waals surface area contributed by atoms with Crippen molar-refractivity contribution in [2.24, 2.45) is 0 Å². The van der Waals surface area contributed by atoms with E-state index in [0.717, 1.165) is 51.2 Å². The van der Waals surface area contributed by atoms with Crippen molar-refractivity contribution in [2.45, 2.75) is 44.3 Å². The summed E-state index contributed by atoms with van der Waals surface area (Å²) in [6, 6.07) is 5.26. The van der Waals surface area contributed by atoms with Crippen molar-refractivity contribution >= 4 is 12.0 Å². The van der Waals surface area contributed by atoms with E-state index in [4.69, 9.17) is 0 Å². The van der Waals surface area contributed by atoms with Gasteiger partial charge in [0.25, 0.3) is 0 Å². The first-order valence-corrected chi connectivity index (χ1v) is 9.32. The van der Waals surface area contributed by atoms with E-state index in [-0.39, 0.29) is 11.9 Å². The number of nitrogens with zero attached hydrogens (tertiary/aromatic N) is 2. The molecule has 26 heavy (non-hydrogen) atoms. The van der Waals surface area contributed by atoms with Crippen LogP contribution in [-0.2, 0) is 11.0 Å². The minimum Gasteiger partial charge on any atom is -0.335 e. The molecule has 2 aliphatic heterocycles. The summed E-state index contributed by atoms with van der Waals surface area (Å²) in [5.74, 6) is -0.109. The zero-order valence-corrected chi connectivity index (χ0v) is 14.8. The van der Waals surface area contributed by atoms with Crippen LogP contribution < -0.4 is 0 Å². The van der Waals surface area contributed by atoms with E-state index >= 15 is 0 Å². The number of alkyl halides is 3. The van der Waals surface area contributed by atoms with Crippen molar-refractivity contribution in [1.82, 2.24) is 9.80 Å². The molecule has 0 bridgehead atoms. The molecule has 1 unspecified atom stereocenters. The van der Waals surface area contributed by atoms with Crippen molar-refractivity contribution in [2.75, 3.05) is 26.2 Å². The molecule has 0 N–H and O–H groups in total. The maximum Gasteiger partial charge on any atom is 0.416 e. The predicted octanol–water partition coefficient (Wildman–Crippen LogP) is 4.20. The number of piperidine rings is 1. The fourth-order valence-corrected chi connectivity index (χ4v) is 3.84. The lowest BCUT2D eigenvalue weighted by Gasteiger charge is -2.32. The lowest BCUT2D eigenvalue weighted by molar-refractivity contribution is -0.137. The number of benzene rings is 1. The Kier molecular flexibility index (Phi) is 6.01. The summed E-state index contributed by atoms with van der Waals surface area (Å²) in [5.41, 5.74) is -0.309. The second-order valence-electron chi connectivity index (χ2n) is 7.15. The summed E-state index contributed by atoms with van der Waals surface area (Å²) in [7, 11) is 0. The quantitative estimate of drug-likeness (QED) is 0.746. The van der Waals surface area contributed by atoms with E-state index in [2.05, 4.69) is 4.90 Å². The second kappa shape index (κ2) is 8.25. The first-order valence-electron chi connectivity index (χ1n) is 9.32. The Morgan fingerprint density at radius 2 is 1.88 bits per heavy atom. The van der Waals surface area contributed by atoms with Crippen LogP contribution in [0.5, 0.6) is 0 Å². The van der Waals surface area contributed by atoms with Crippen LogP contribution >= 0.6 is 0 Å². The maximum absolute atomic E-state index is 12.8. The topological polar surface area (TPSA) is 23.6 Å². The summed E-state index contributed by atoms with van der Waals surface area (Å²) in [6.45, 7) is 3.82. The van der Waals surface area contributed by atoms with Crippen LogP contribution in [0.3, 0.4) is 0 Å². The van der Waals surface area contributed by atoms with Crippen LogP contribution in [-0.4, -0.2) is 47.9 Å².